The average molecular weight is 215 g/mol. The van der Waals surface area contributed by atoms with Crippen LogP contribution >= 0.6 is 0 Å². The van der Waals surface area contributed by atoms with Gasteiger partial charge in [-0.1, -0.05) is 13.8 Å². The van der Waals surface area contributed by atoms with E-state index in [9.17, 15) is 9.90 Å². The molecular weight excluding hydrogens is 194 g/mol. The summed E-state index contributed by atoms with van der Waals surface area (Å²) in [7, 11) is 0. The number of aliphatic carboxylic acids is 1. The summed E-state index contributed by atoms with van der Waals surface area (Å²) in [6.45, 7) is 7.67. The van der Waals surface area contributed by atoms with Crippen molar-refractivity contribution >= 4 is 5.97 Å². The third kappa shape index (κ3) is 3.18. The summed E-state index contributed by atoms with van der Waals surface area (Å²) in [6.07, 6.45) is 0.698. The van der Waals surface area contributed by atoms with E-state index in [1.807, 2.05) is 25.7 Å². The standard InChI is InChI=1S/C11H21NO3/c1-8(2)11(3,15)7-12-5-4-9(6-12)10(13)14/h8-9,15H,4-7H2,1-3H3,(H,13,14). The molecule has 0 spiro atoms. The van der Waals surface area contributed by atoms with E-state index < -0.39 is 11.6 Å². The van der Waals surface area contributed by atoms with Crippen LogP contribution in [0.15, 0.2) is 0 Å². The molecule has 0 aromatic heterocycles. The van der Waals surface area contributed by atoms with Gasteiger partial charge in [0.05, 0.1) is 11.5 Å². The topological polar surface area (TPSA) is 60.8 Å². The zero-order valence-corrected chi connectivity index (χ0v) is 9.73. The van der Waals surface area contributed by atoms with E-state index in [2.05, 4.69) is 0 Å². The lowest BCUT2D eigenvalue weighted by atomic mass is 9.92. The SMILES string of the molecule is CC(C)C(C)(O)CN1CCC(C(=O)O)C1. The quantitative estimate of drug-likeness (QED) is 0.728. The molecular formula is C11H21NO3. The highest BCUT2D eigenvalue weighted by Crippen LogP contribution is 2.22. The Morgan fingerprint density at radius 3 is 2.60 bits per heavy atom. The number of hydrogen-bond acceptors (Lipinski definition) is 3. The number of aliphatic hydroxyl groups is 1. The molecule has 1 aliphatic heterocycles. The van der Waals surface area contributed by atoms with Gasteiger partial charge in [0.2, 0.25) is 0 Å². The van der Waals surface area contributed by atoms with Crippen LogP contribution in [0.3, 0.4) is 0 Å². The summed E-state index contributed by atoms with van der Waals surface area (Å²) in [6, 6.07) is 0. The summed E-state index contributed by atoms with van der Waals surface area (Å²) in [5.74, 6) is -0.795. The third-order valence-electron chi connectivity index (χ3n) is 3.41. The van der Waals surface area contributed by atoms with Crippen molar-refractivity contribution in [1.82, 2.24) is 4.90 Å². The fourth-order valence-electron chi connectivity index (χ4n) is 1.81. The van der Waals surface area contributed by atoms with Gasteiger partial charge in [-0.15, -0.1) is 0 Å². The van der Waals surface area contributed by atoms with Gasteiger partial charge in [-0.3, -0.25) is 9.69 Å². The summed E-state index contributed by atoms with van der Waals surface area (Å²) in [4.78, 5) is 12.8. The highest BCUT2D eigenvalue weighted by Gasteiger charge is 2.33. The summed E-state index contributed by atoms with van der Waals surface area (Å²) in [5.41, 5.74) is -0.729. The number of carbonyl (C=O) groups is 1. The Hall–Kier alpha value is -0.610. The maximum Gasteiger partial charge on any atom is 0.307 e. The Kier molecular flexibility index (Phi) is 3.73. The lowest BCUT2D eigenvalue weighted by molar-refractivity contribution is -0.141. The average Bonchev–Trinajstić information content (AvgIpc) is 2.51. The van der Waals surface area contributed by atoms with Crippen LogP contribution in [0, 0.1) is 11.8 Å². The molecule has 0 amide bonds. The Morgan fingerprint density at radius 2 is 2.20 bits per heavy atom. The zero-order valence-electron chi connectivity index (χ0n) is 9.73. The molecule has 0 aliphatic carbocycles. The second-order valence-electron chi connectivity index (χ2n) is 5.07. The molecule has 88 valence electrons. The first-order valence-corrected chi connectivity index (χ1v) is 5.50. The molecule has 4 heteroatoms. The molecule has 2 atom stereocenters. The first kappa shape index (κ1) is 12.5. The van der Waals surface area contributed by atoms with Gasteiger partial charge in [0.1, 0.15) is 0 Å². The molecule has 0 aromatic carbocycles. The minimum Gasteiger partial charge on any atom is -0.481 e. The predicted octanol–water partition coefficient (Wildman–Crippen LogP) is 0.800. The number of nitrogens with zero attached hydrogens (tertiary/aromatic N) is 1. The normalized spacial score (nSPS) is 26.9. The molecule has 1 saturated heterocycles. The summed E-state index contributed by atoms with van der Waals surface area (Å²) >= 11 is 0. The second kappa shape index (κ2) is 4.49. The van der Waals surface area contributed by atoms with Gasteiger partial charge >= 0.3 is 5.97 Å². The lowest BCUT2D eigenvalue weighted by Crippen LogP contribution is -2.43. The first-order valence-electron chi connectivity index (χ1n) is 5.50. The summed E-state index contributed by atoms with van der Waals surface area (Å²) < 4.78 is 0. The number of carboxylic acids is 1. The molecule has 0 aromatic rings. The van der Waals surface area contributed by atoms with Crippen LogP contribution in [0.1, 0.15) is 27.2 Å². The highest BCUT2D eigenvalue weighted by molar-refractivity contribution is 5.70. The van der Waals surface area contributed by atoms with E-state index in [0.29, 0.717) is 19.5 Å². The van der Waals surface area contributed by atoms with E-state index in [0.717, 1.165) is 6.54 Å². The smallest absolute Gasteiger partial charge is 0.307 e. The van der Waals surface area contributed by atoms with E-state index in [1.54, 1.807) is 0 Å². The largest absolute Gasteiger partial charge is 0.481 e. The van der Waals surface area contributed by atoms with Crippen LogP contribution < -0.4 is 0 Å². The number of β-amino-alcohol motifs (C(OH)–C–C–N with tert-alkyl or cyclic N) is 1. The van der Waals surface area contributed by atoms with Gasteiger partial charge in [-0.05, 0) is 25.8 Å². The molecule has 2 unspecified atom stereocenters. The second-order valence-corrected chi connectivity index (χ2v) is 5.07. The van der Waals surface area contributed by atoms with Crippen LogP contribution in [-0.2, 0) is 4.79 Å². The number of hydrogen-bond donors (Lipinski definition) is 2. The van der Waals surface area contributed by atoms with Gasteiger partial charge in [-0.25, -0.2) is 0 Å². The molecule has 2 N–H and O–H groups in total. The van der Waals surface area contributed by atoms with Crippen molar-refractivity contribution in [2.75, 3.05) is 19.6 Å². The van der Waals surface area contributed by atoms with Crippen molar-refractivity contribution < 1.29 is 15.0 Å². The van der Waals surface area contributed by atoms with Crippen molar-refractivity contribution in [1.29, 1.82) is 0 Å². The van der Waals surface area contributed by atoms with Crippen LogP contribution in [0.25, 0.3) is 0 Å². The molecule has 1 fully saturated rings. The molecule has 0 saturated carbocycles. The van der Waals surface area contributed by atoms with Crippen LogP contribution in [-0.4, -0.2) is 46.3 Å². The van der Waals surface area contributed by atoms with Crippen molar-refractivity contribution in [3.8, 4) is 0 Å². The first-order chi connectivity index (χ1) is 6.83. The molecule has 0 radical (unpaired) electrons. The molecule has 15 heavy (non-hydrogen) atoms. The van der Waals surface area contributed by atoms with E-state index in [-0.39, 0.29) is 11.8 Å². The summed E-state index contributed by atoms with van der Waals surface area (Å²) in [5, 5.41) is 18.9. The molecule has 1 rings (SSSR count). The minimum absolute atomic E-state index is 0.182. The third-order valence-corrected chi connectivity index (χ3v) is 3.41. The highest BCUT2D eigenvalue weighted by atomic mass is 16.4. The minimum atomic E-state index is -0.729. The fraction of sp³-hybridized carbons (Fsp3) is 0.909. The van der Waals surface area contributed by atoms with Crippen LogP contribution in [0.5, 0.6) is 0 Å². The molecule has 1 aliphatic rings. The molecule has 0 bridgehead atoms. The van der Waals surface area contributed by atoms with Gasteiger partial charge in [0.15, 0.2) is 0 Å². The monoisotopic (exact) mass is 215 g/mol. The molecule has 4 nitrogen and oxygen atoms in total. The number of likely N-dealkylation sites (tertiary alicyclic amines) is 1. The lowest BCUT2D eigenvalue weighted by Gasteiger charge is -2.32. The number of rotatable bonds is 4. The maximum absolute atomic E-state index is 10.8. The van der Waals surface area contributed by atoms with Crippen molar-refractivity contribution in [3.63, 3.8) is 0 Å². The van der Waals surface area contributed by atoms with Gasteiger partial charge in [0, 0.05) is 13.1 Å². The van der Waals surface area contributed by atoms with E-state index in [1.165, 1.54) is 0 Å². The Morgan fingerprint density at radius 1 is 1.60 bits per heavy atom. The van der Waals surface area contributed by atoms with Gasteiger partial charge < -0.3 is 10.2 Å². The Bertz CT molecular complexity index is 238. The van der Waals surface area contributed by atoms with Crippen LogP contribution in [0.4, 0.5) is 0 Å². The number of carboxylic acid groups (broad SMARTS) is 1. The van der Waals surface area contributed by atoms with E-state index in [4.69, 9.17) is 5.11 Å². The van der Waals surface area contributed by atoms with Crippen molar-refractivity contribution in [2.24, 2.45) is 11.8 Å². The Labute approximate surface area is 90.9 Å². The molecule has 1 heterocycles. The Balaban J connectivity index is 2.45. The zero-order chi connectivity index (χ0) is 11.6. The van der Waals surface area contributed by atoms with Gasteiger partial charge in [0.25, 0.3) is 0 Å². The fourth-order valence-corrected chi connectivity index (χ4v) is 1.81. The van der Waals surface area contributed by atoms with Crippen LogP contribution in [0.2, 0.25) is 0 Å². The van der Waals surface area contributed by atoms with Crippen molar-refractivity contribution in [2.45, 2.75) is 32.8 Å². The predicted molar refractivity (Wildman–Crippen MR) is 57.6 cm³/mol. The maximum atomic E-state index is 10.8. The van der Waals surface area contributed by atoms with E-state index >= 15 is 0 Å². The van der Waals surface area contributed by atoms with Gasteiger partial charge in [-0.2, -0.15) is 0 Å². The van der Waals surface area contributed by atoms with Crippen molar-refractivity contribution in [3.05, 3.63) is 0 Å².